The quantitative estimate of drug-likeness (QED) is 0.857. The van der Waals surface area contributed by atoms with E-state index in [4.69, 9.17) is 0 Å². The lowest BCUT2D eigenvalue weighted by atomic mass is 9.94. The minimum Gasteiger partial charge on any atom is -0.328 e. The summed E-state index contributed by atoms with van der Waals surface area (Å²) in [6.45, 7) is 1.84. The molecule has 2 unspecified atom stereocenters. The summed E-state index contributed by atoms with van der Waals surface area (Å²) in [5.41, 5.74) is 0.496. The molecular formula is C16H21F3N2O3S. The lowest BCUT2D eigenvalue weighted by molar-refractivity contribution is -0.189. The molecule has 1 aliphatic rings. The highest BCUT2D eigenvalue weighted by Gasteiger charge is 2.47. The Bertz CT molecular complexity index is 692. The Balaban J connectivity index is 2.30. The number of amides is 1. The number of rotatable bonds is 5. The van der Waals surface area contributed by atoms with E-state index in [0.29, 0.717) is 12.0 Å². The predicted molar refractivity (Wildman–Crippen MR) is 87.2 cm³/mol. The van der Waals surface area contributed by atoms with Crippen molar-refractivity contribution < 1.29 is 26.4 Å². The smallest absolute Gasteiger partial charge is 0.328 e. The van der Waals surface area contributed by atoms with Crippen LogP contribution in [0.25, 0.3) is 0 Å². The van der Waals surface area contributed by atoms with Gasteiger partial charge in [0.25, 0.3) is 0 Å². The van der Waals surface area contributed by atoms with Gasteiger partial charge in [0, 0.05) is 13.1 Å². The van der Waals surface area contributed by atoms with Gasteiger partial charge < -0.3 is 4.90 Å². The second-order valence-corrected chi connectivity index (χ2v) is 8.05. The molecule has 25 heavy (non-hydrogen) atoms. The van der Waals surface area contributed by atoms with Crippen molar-refractivity contribution in [3.8, 4) is 0 Å². The van der Waals surface area contributed by atoms with Crippen LogP contribution in [0.1, 0.15) is 37.8 Å². The summed E-state index contributed by atoms with van der Waals surface area (Å²) in [6, 6.07) is 7.30. The molecule has 1 aromatic carbocycles. The van der Waals surface area contributed by atoms with E-state index in [2.05, 4.69) is 4.72 Å². The van der Waals surface area contributed by atoms with Crippen LogP contribution in [0, 0.1) is 0 Å². The molecule has 2 atom stereocenters. The fourth-order valence-electron chi connectivity index (χ4n) is 2.97. The van der Waals surface area contributed by atoms with E-state index in [-0.39, 0.29) is 25.9 Å². The fourth-order valence-corrected chi connectivity index (χ4v) is 4.55. The molecule has 0 bridgehead atoms. The molecule has 2 rings (SSSR count). The first-order chi connectivity index (χ1) is 11.7. The minimum absolute atomic E-state index is 0.0236. The number of likely N-dealkylation sites (tertiary alicyclic amines) is 1. The van der Waals surface area contributed by atoms with E-state index >= 15 is 0 Å². The number of halogens is 3. The summed E-state index contributed by atoms with van der Waals surface area (Å²) in [5, 5.41) is -0.832. The van der Waals surface area contributed by atoms with Crippen LogP contribution in [0.15, 0.2) is 30.3 Å². The molecule has 5 nitrogen and oxygen atoms in total. The van der Waals surface area contributed by atoms with E-state index in [0.717, 1.165) is 4.90 Å². The molecule has 0 aliphatic carbocycles. The van der Waals surface area contributed by atoms with Gasteiger partial charge >= 0.3 is 12.1 Å². The molecule has 0 radical (unpaired) electrons. The van der Waals surface area contributed by atoms with Crippen molar-refractivity contribution in [3.63, 3.8) is 0 Å². The molecule has 1 fully saturated rings. The molecule has 1 saturated heterocycles. The molecule has 1 N–H and O–H groups in total. The van der Waals surface area contributed by atoms with Gasteiger partial charge in [-0.1, -0.05) is 37.3 Å². The van der Waals surface area contributed by atoms with Gasteiger partial charge in [-0.15, -0.1) is 0 Å². The van der Waals surface area contributed by atoms with Crippen LogP contribution in [0.4, 0.5) is 13.2 Å². The van der Waals surface area contributed by atoms with E-state index < -0.39 is 33.4 Å². The van der Waals surface area contributed by atoms with E-state index in [1.54, 1.807) is 30.3 Å². The van der Waals surface area contributed by atoms with Gasteiger partial charge in [-0.25, -0.2) is 13.1 Å². The topological polar surface area (TPSA) is 66.5 Å². The lowest BCUT2D eigenvalue weighted by Gasteiger charge is -2.39. The normalized spacial score (nSPS) is 22.0. The van der Waals surface area contributed by atoms with Crippen molar-refractivity contribution in [2.75, 3.05) is 13.1 Å². The van der Waals surface area contributed by atoms with Crippen molar-refractivity contribution in [1.29, 1.82) is 0 Å². The third kappa shape index (κ3) is 4.72. The maximum atomic E-state index is 12.9. The second-order valence-electron chi connectivity index (χ2n) is 6.01. The average molecular weight is 378 g/mol. The van der Waals surface area contributed by atoms with E-state index in [9.17, 15) is 26.4 Å². The maximum Gasteiger partial charge on any atom is 0.471 e. The number of benzene rings is 1. The van der Waals surface area contributed by atoms with Gasteiger partial charge in [0.15, 0.2) is 0 Å². The highest BCUT2D eigenvalue weighted by molar-refractivity contribution is 7.90. The third-order valence-corrected chi connectivity index (χ3v) is 6.15. The summed E-state index contributed by atoms with van der Waals surface area (Å²) in [6.07, 6.45) is -4.46. The SMILES string of the molecule is CCCNS(=O)(=O)C1CCN(C(=O)C(F)(F)F)C(c2ccccc2)C1. The minimum atomic E-state index is -4.99. The van der Waals surface area contributed by atoms with Crippen molar-refractivity contribution >= 4 is 15.9 Å². The zero-order valence-corrected chi connectivity index (χ0v) is 14.6. The molecule has 9 heteroatoms. The number of carbonyl (C=O) groups is 1. The first-order valence-electron chi connectivity index (χ1n) is 8.08. The fraction of sp³-hybridized carbons (Fsp3) is 0.562. The van der Waals surface area contributed by atoms with Crippen LogP contribution in [-0.4, -0.2) is 43.7 Å². The summed E-state index contributed by atoms with van der Waals surface area (Å²) < 4.78 is 65.9. The van der Waals surface area contributed by atoms with Gasteiger partial charge in [-0.3, -0.25) is 4.79 Å². The summed E-state index contributed by atoms with van der Waals surface area (Å²) in [7, 11) is -3.64. The summed E-state index contributed by atoms with van der Waals surface area (Å²) in [4.78, 5) is 12.5. The number of nitrogens with zero attached hydrogens (tertiary/aromatic N) is 1. The number of carbonyl (C=O) groups excluding carboxylic acids is 1. The highest BCUT2D eigenvalue weighted by atomic mass is 32.2. The molecule has 0 aromatic heterocycles. The van der Waals surface area contributed by atoms with Gasteiger partial charge in [0.05, 0.1) is 11.3 Å². The molecule has 1 amide bonds. The van der Waals surface area contributed by atoms with Gasteiger partial charge in [-0.2, -0.15) is 13.2 Å². The van der Waals surface area contributed by atoms with Crippen LogP contribution >= 0.6 is 0 Å². The average Bonchev–Trinajstić information content (AvgIpc) is 2.59. The molecule has 140 valence electrons. The Kier molecular flexibility index (Phi) is 6.10. The standard InChI is InChI=1S/C16H21F3N2O3S/c1-2-9-20-25(23,24)13-8-10-21(15(22)16(17,18)19)14(11-13)12-6-4-3-5-7-12/h3-7,13-14,20H,2,8-11H2,1H3. The Hall–Kier alpha value is -1.61. The molecule has 1 aromatic rings. The van der Waals surface area contributed by atoms with Crippen molar-refractivity contribution in [2.45, 2.75) is 43.7 Å². The number of piperidine rings is 1. The highest BCUT2D eigenvalue weighted by Crippen LogP contribution is 2.36. The summed E-state index contributed by atoms with van der Waals surface area (Å²) in [5.74, 6) is -1.93. The molecular weight excluding hydrogens is 357 g/mol. The Labute approximate surface area is 145 Å². The first-order valence-corrected chi connectivity index (χ1v) is 9.62. The van der Waals surface area contributed by atoms with Gasteiger partial charge in [0.1, 0.15) is 0 Å². The Morgan fingerprint density at radius 2 is 1.92 bits per heavy atom. The number of hydrogen-bond acceptors (Lipinski definition) is 3. The number of sulfonamides is 1. The van der Waals surface area contributed by atoms with E-state index in [1.807, 2.05) is 6.92 Å². The predicted octanol–water partition coefficient (Wildman–Crippen LogP) is 2.61. The molecule has 0 saturated carbocycles. The Morgan fingerprint density at radius 3 is 2.48 bits per heavy atom. The molecule has 1 heterocycles. The molecule has 1 aliphatic heterocycles. The lowest BCUT2D eigenvalue weighted by Crippen LogP contribution is -2.50. The van der Waals surface area contributed by atoms with Crippen LogP contribution in [0.3, 0.4) is 0 Å². The van der Waals surface area contributed by atoms with Crippen LogP contribution < -0.4 is 4.72 Å². The third-order valence-electron chi connectivity index (χ3n) is 4.23. The van der Waals surface area contributed by atoms with E-state index in [1.165, 1.54) is 0 Å². The largest absolute Gasteiger partial charge is 0.471 e. The Morgan fingerprint density at radius 1 is 1.28 bits per heavy atom. The molecule has 0 spiro atoms. The van der Waals surface area contributed by atoms with Crippen LogP contribution in [0.5, 0.6) is 0 Å². The maximum absolute atomic E-state index is 12.9. The van der Waals surface area contributed by atoms with Crippen LogP contribution in [0.2, 0.25) is 0 Å². The van der Waals surface area contributed by atoms with Crippen molar-refractivity contribution in [3.05, 3.63) is 35.9 Å². The number of hydrogen-bond donors (Lipinski definition) is 1. The monoisotopic (exact) mass is 378 g/mol. The first kappa shape index (κ1) is 19.7. The number of nitrogens with one attached hydrogen (secondary N) is 1. The van der Waals surface area contributed by atoms with Gasteiger partial charge in [0.2, 0.25) is 10.0 Å². The summed E-state index contributed by atoms with van der Waals surface area (Å²) >= 11 is 0. The zero-order valence-electron chi connectivity index (χ0n) is 13.8. The van der Waals surface area contributed by atoms with Crippen molar-refractivity contribution in [1.82, 2.24) is 9.62 Å². The van der Waals surface area contributed by atoms with Crippen molar-refractivity contribution in [2.24, 2.45) is 0 Å². The second kappa shape index (κ2) is 7.74. The zero-order chi connectivity index (χ0) is 18.7. The van der Waals surface area contributed by atoms with Crippen LogP contribution in [-0.2, 0) is 14.8 Å². The van der Waals surface area contributed by atoms with Gasteiger partial charge in [-0.05, 0) is 24.8 Å². The number of alkyl halides is 3.